The summed E-state index contributed by atoms with van der Waals surface area (Å²) in [5.41, 5.74) is 5.02. The van der Waals surface area contributed by atoms with E-state index in [1.807, 2.05) is 6.92 Å². The predicted octanol–water partition coefficient (Wildman–Crippen LogP) is 2.93. The van der Waals surface area contributed by atoms with Gasteiger partial charge in [-0.15, -0.1) is 0 Å². The van der Waals surface area contributed by atoms with Gasteiger partial charge in [-0.25, -0.2) is 0 Å². The molecule has 0 aliphatic rings. The molecule has 0 spiro atoms. The van der Waals surface area contributed by atoms with Crippen LogP contribution in [0.2, 0.25) is 0 Å². The van der Waals surface area contributed by atoms with Crippen molar-refractivity contribution in [2.75, 3.05) is 0 Å². The number of aryl methyl sites for hydroxylation is 2. The first-order chi connectivity index (χ1) is 6.09. The van der Waals surface area contributed by atoms with E-state index >= 15 is 0 Å². The lowest BCUT2D eigenvalue weighted by atomic mass is 10.1. The Hall–Kier alpha value is -1.24. The number of hydrogen-bond acceptors (Lipinski definition) is 1. The molecule has 0 fully saturated rings. The molecule has 0 heterocycles. The smallest absolute Gasteiger partial charge is 0.0397 e. The minimum atomic E-state index is 0.871. The second-order valence-electron chi connectivity index (χ2n) is 3.55. The van der Waals surface area contributed by atoms with Gasteiger partial charge in [-0.2, -0.15) is 0 Å². The van der Waals surface area contributed by atoms with Crippen LogP contribution in [0, 0.1) is 13.8 Å². The first-order valence-electron chi connectivity index (χ1n) is 4.55. The van der Waals surface area contributed by atoms with E-state index in [1.54, 1.807) is 0 Å². The van der Waals surface area contributed by atoms with E-state index in [1.165, 1.54) is 16.7 Å². The van der Waals surface area contributed by atoms with Crippen molar-refractivity contribution in [3.8, 4) is 0 Å². The first-order valence-corrected chi connectivity index (χ1v) is 4.55. The Morgan fingerprint density at radius 1 is 1.31 bits per heavy atom. The fourth-order valence-electron chi connectivity index (χ4n) is 1.17. The lowest BCUT2D eigenvalue weighted by molar-refractivity contribution is 0.814. The molecule has 0 atom stereocenters. The number of hydrogen-bond donors (Lipinski definition) is 1. The highest BCUT2D eigenvalue weighted by Crippen LogP contribution is 2.09. The molecule has 0 bridgehead atoms. The maximum Gasteiger partial charge on any atom is 0.0397 e. The summed E-state index contributed by atoms with van der Waals surface area (Å²) in [6.07, 6.45) is 0. The molecule has 1 aromatic carbocycles. The quantitative estimate of drug-likeness (QED) is 0.744. The largest absolute Gasteiger partial charge is 0.385 e. The van der Waals surface area contributed by atoms with Crippen LogP contribution in [0.1, 0.15) is 23.6 Å². The van der Waals surface area contributed by atoms with Crippen LogP contribution in [0.25, 0.3) is 0 Å². The maximum absolute atomic E-state index is 3.80. The summed E-state index contributed by atoms with van der Waals surface area (Å²) in [5.74, 6) is 0. The Balaban J connectivity index is 2.68. The van der Waals surface area contributed by atoms with Gasteiger partial charge in [0.05, 0.1) is 0 Å². The second kappa shape index (κ2) is 4.13. The van der Waals surface area contributed by atoms with Crippen molar-refractivity contribution in [2.24, 2.45) is 0 Å². The van der Waals surface area contributed by atoms with Crippen molar-refractivity contribution in [1.82, 2.24) is 5.32 Å². The van der Waals surface area contributed by atoms with Crippen molar-refractivity contribution in [2.45, 2.75) is 27.3 Å². The Morgan fingerprint density at radius 2 is 2.00 bits per heavy atom. The SMILES string of the molecule is C=C(C)NCc1ccc(C)c(C)c1. The van der Waals surface area contributed by atoms with Gasteiger partial charge < -0.3 is 5.32 Å². The third-order valence-corrected chi connectivity index (χ3v) is 2.17. The second-order valence-corrected chi connectivity index (χ2v) is 3.55. The molecule has 70 valence electrons. The Morgan fingerprint density at radius 3 is 2.54 bits per heavy atom. The highest BCUT2D eigenvalue weighted by Gasteiger charge is 1.95. The van der Waals surface area contributed by atoms with Gasteiger partial charge in [0.25, 0.3) is 0 Å². The molecule has 1 nitrogen and oxygen atoms in total. The van der Waals surface area contributed by atoms with Gasteiger partial charge in [0.1, 0.15) is 0 Å². The molecule has 0 saturated carbocycles. The zero-order valence-electron chi connectivity index (χ0n) is 8.65. The highest BCUT2D eigenvalue weighted by atomic mass is 14.9. The van der Waals surface area contributed by atoms with Gasteiger partial charge in [-0.3, -0.25) is 0 Å². The van der Waals surface area contributed by atoms with Gasteiger partial charge in [0.2, 0.25) is 0 Å². The van der Waals surface area contributed by atoms with Gasteiger partial charge >= 0.3 is 0 Å². The fourth-order valence-corrected chi connectivity index (χ4v) is 1.17. The molecule has 0 aliphatic heterocycles. The molecule has 0 unspecified atom stereocenters. The van der Waals surface area contributed by atoms with Crippen LogP contribution in [-0.4, -0.2) is 0 Å². The topological polar surface area (TPSA) is 12.0 Å². The van der Waals surface area contributed by atoms with Crippen molar-refractivity contribution in [1.29, 1.82) is 0 Å². The van der Waals surface area contributed by atoms with E-state index in [-0.39, 0.29) is 0 Å². The van der Waals surface area contributed by atoms with E-state index in [0.717, 1.165) is 12.2 Å². The Labute approximate surface area is 80.5 Å². The molecular formula is C12H17N. The van der Waals surface area contributed by atoms with Gasteiger partial charge in [0.15, 0.2) is 0 Å². The van der Waals surface area contributed by atoms with E-state index in [0.29, 0.717) is 0 Å². The fraction of sp³-hybridized carbons (Fsp3) is 0.333. The van der Waals surface area contributed by atoms with E-state index in [9.17, 15) is 0 Å². The van der Waals surface area contributed by atoms with Gasteiger partial charge in [-0.05, 0) is 37.5 Å². The van der Waals surface area contributed by atoms with E-state index in [2.05, 4.69) is 43.9 Å². The molecule has 1 aromatic rings. The molecule has 0 radical (unpaired) electrons. The molecule has 1 heteroatoms. The average Bonchev–Trinajstić information content (AvgIpc) is 2.07. The molecule has 1 N–H and O–H groups in total. The molecule has 0 aliphatic carbocycles. The highest BCUT2D eigenvalue weighted by molar-refractivity contribution is 5.29. The van der Waals surface area contributed by atoms with Gasteiger partial charge in [0, 0.05) is 12.2 Å². The molecule has 0 amide bonds. The van der Waals surface area contributed by atoms with Crippen LogP contribution >= 0.6 is 0 Å². The standard InChI is InChI=1S/C12H17N/c1-9(2)13-8-12-6-5-10(3)11(4)7-12/h5-7,13H,1,8H2,2-4H3. The van der Waals surface area contributed by atoms with Crippen LogP contribution in [-0.2, 0) is 6.54 Å². The van der Waals surface area contributed by atoms with Crippen molar-refractivity contribution in [3.05, 3.63) is 47.2 Å². The molecular weight excluding hydrogens is 158 g/mol. The normalized spacial score (nSPS) is 9.77. The van der Waals surface area contributed by atoms with Crippen molar-refractivity contribution >= 4 is 0 Å². The summed E-state index contributed by atoms with van der Waals surface area (Å²) in [6.45, 7) is 10.9. The lowest BCUT2D eigenvalue weighted by Crippen LogP contribution is -2.09. The number of benzene rings is 1. The van der Waals surface area contributed by atoms with Gasteiger partial charge in [-0.1, -0.05) is 24.8 Å². The number of allylic oxidation sites excluding steroid dienone is 1. The first kappa shape index (κ1) is 9.85. The summed E-state index contributed by atoms with van der Waals surface area (Å²) < 4.78 is 0. The van der Waals surface area contributed by atoms with Crippen LogP contribution in [0.3, 0.4) is 0 Å². The van der Waals surface area contributed by atoms with Crippen LogP contribution in [0.5, 0.6) is 0 Å². The zero-order valence-corrected chi connectivity index (χ0v) is 8.65. The Kier molecular flexibility index (Phi) is 3.13. The molecule has 13 heavy (non-hydrogen) atoms. The van der Waals surface area contributed by atoms with Crippen LogP contribution < -0.4 is 5.32 Å². The van der Waals surface area contributed by atoms with Crippen LogP contribution in [0.4, 0.5) is 0 Å². The summed E-state index contributed by atoms with van der Waals surface area (Å²) in [4.78, 5) is 0. The zero-order chi connectivity index (χ0) is 9.84. The lowest BCUT2D eigenvalue weighted by Gasteiger charge is -2.07. The average molecular weight is 175 g/mol. The number of nitrogens with one attached hydrogen (secondary N) is 1. The summed E-state index contributed by atoms with van der Waals surface area (Å²) in [6, 6.07) is 6.52. The Bertz CT molecular complexity index is 313. The maximum atomic E-state index is 3.80. The third kappa shape index (κ3) is 2.94. The van der Waals surface area contributed by atoms with Crippen molar-refractivity contribution < 1.29 is 0 Å². The summed E-state index contributed by atoms with van der Waals surface area (Å²) >= 11 is 0. The summed E-state index contributed by atoms with van der Waals surface area (Å²) in [5, 5.41) is 3.21. The predicted molar refractivity (Wildman–Crippen MR) is 57.6 cm³/mol. The number of rotatable bonds is 3. The van der Waals surface area contributed by atoms with E-state index in [4.69, 9.17) is 0 Å². The molecule has 1 rings (SSSR count). The van der Waals surface area contributed by atoms with Crippen LogP contribution in [0.15, 0.2) is 30.5 Å². The van der Waals surface area contributed by atoms with Crippen molar-refractivity contribution in [3.63, 3.8) is 0 Å². The minimum absolute atomic E-state index is 0.871. The monoisotopic (exact) mass is 175 g/mol. The molecule has 0 aromatic heterocycles. The molecule has 0 saturated heterocycles. The third-order valence-electron chi connectivity index (χ3n) is 2.17. The minimum Gasteiger partial charge on any atom is -0.385 e. The summed E-state index contributed by atoms with van der Waals surface area (Å²) in [7, 11) is 0. The van der Waals surface area contributed by atoms with E-state index < -0.39 is 0 Å².